The lowest BCUT2D eigenvalue weighted by Crippen LogP contribution is -1.90. The molecular weight excluding hydrogens is 329 g/mol. The molecule has 0 amide bonds. The van der Waals surface area contributed by atoms with Crippen molar-refractivity contribution >= 4 is 38.5 Å². The highest BCUT2D eigenvalue weighted by atomic mass is 127. The van der Waals surface area contributed by atoms with Crippen LogP contribution in [-0.4, -0.2) is 0 Å². The fourth-order valence-corrected chi connectivity index (χ4v) is 1.52. The van der Waals surface area contributed by atoms with Crippen molar-refractivity contribution < 1.29 is 8.78 Å². The average Bonchev–Trinajstić information content (AvgIpc) is 1.97. The third-order valence-electron chi connectivity index (χ3n) is 1.23. The van der Waals surface area contributed by atoms with E-state index in [1.165, 1.54) is 12.1 Å². The molecule has 0 radical (unpaired) electrons. The number of alkyl halides is 1. The maximum Gasteiger partial charge on any atom is 0.137 e. The molecule has 0 saturated carbocycles. The number of benzene rings is 1. The van der Waals surface area contributed by atoms with Gasteiger partial charge in [-0.25, -0.2) is 8.78 Å². The Hall–Kier alpha value is 0.290. The second-order valence-electron chi connectivity index (χ2n) is 1.99. The van der Waals surface area contributed by atoms with Gasteiger partial charge in [-0.05, 0) is 34.7 Å². The largest absolute Gasteiger partial charge is 0.207 e. The summed E-state index contributed by atoms with van der Waals surface area (Å²) in [5.74, 6) is -0.742. The first kappa shape index (κ1) is 9.38. The summed E-state index contributed by atoms with van der Waals surface area (Å²) in [5.41, 5.74) is 0.350. The van der Waals surface area contributed by atoms with E-state index in [-0.39, 0.29) is 11.6 Å². The van der Waals surface area contributed by atoms with Crippen LogP contribution in [0.5, 0.6) is 0 Å². The van der Waals surface area contributed by atoms with Crippen molar-refractivity contribution in [2.24, 2.45) is 0 Å². The molecule has 0 aliphatic rings. The normalized spacial score (nSPS) is 10.2. The Kier molecular flexibility index (Phi) is 3.24. The molecule has 0 aliphatic carbocycles. The molecule has 0 unspecified atom stereocenters. The van der Waals surface area contributed by atoms with Gasteiger partial charge in [0.2, 0.25) is 0 Å². The van der Waals surface area contributed by atoms with E-state index < -0.39 is 0 Å². The molecule has 0 nitrogen and oxygen atoms in total. The Morgan fingerprint density at radius 3 is 2.45 bits per heavy atom. The summed E-state index contributed by atoms with van der Waals surface area (Å²) in [6, 6.07) is 2.39. The maximum absolute atomic E-state index is 12.8. The molecule has 11 heavy (non-hydrogen) atoms. The van der Waals surface area contributed by atoms with Gasteiger partial charge in [0, 0.05) is 10.9 Å². The minimum Gasteiger partial charge on any atom is -0.207 e. The molecule has 0 bridgehead atoms. The minimum atomic E-state index is -0.374. The van der Waals surface area contributed by atoms with Gasteiger partial charge in [0.15, 0.2) is 0 Å². The van der Waals surface area contributed by atoms with E-state index in [9.17, 15) is 8.78 Å². The predicted molar refractivity (Wildman–Crippen MR) is 51.7 cm³/mol. The summed E-state index contributed by atoms with van der Waals surface area (Å²) in [6.07, 6.45) is 0. The first-order valence-corrected chi connectivity index (χ1v) is 5.04. The average molecular weight is 333 g/mol. The molecule has 0 fully saturated rings. The van der Waals surface area contributed by atoms with Crippen molar-refractivity contribution in [3.63, 3.8) is 0 Å². The summed E-state index contributed by atoms with van der Waals surface area (Å²) in [7, 11) is 0. The zero-order chi connectivity index (χ0) is 8.43. The van der Waals surface area contributed by atoms with Gasteiger partial charge >= 0.3 is 0 Å². The van der Waals surface area contributed by atoms with Crippen LogP contribution in [0.1, 0.15) is 5.56 Å². The van der Waals surface area contributed by atoms with Gasteiger partial charge in [0.05, 0.1) is 3.57 Å². The number of hydrogen-bond donors (Lipinski definition) is 0. The van der Waals surface area contributed by atoms with Crippen LogP contribution in [0.4, 0.5) is 8.78 Å². The highest BCUT2D eigenvalue weighted by Crippen LogP contribution is 2.18. The van der Waals surface area contributed by atoms with Crippen LogP contribution >= 0.6 is 38.5 Å². The number of halogens is 4. The smallest absolute Gasteiger partial charge is 0.137 e. The molecule has 0 aromatic heterocycles. The molecule has 0 saturated heterocycles. The van der Waals surface area contributed by atoms with E-state index in [4.69, 9.17) is 0 Å². The topological polar surface area (TPSA) is 0 Å². The van der Waals surface area contributed by atoms with Crippen molar-refractivity contribution in [3.05, 3.63) is 32.9 Å². The van der Waals surface area contributed by atoms with Gasteiger partial charge in [-0.1, -0.05) is 15.9 Å². The molecule has 0 heterocycles. The van der Waals surface area contributed by atoms with Crippen LogP contribution in [0.25, 0.3) is 0 Å². The van der Waals surface area contributed by atoms with Crippen LogP contribution in [0.3, 0.4) is 0 Å². The van der Waals surface area contributed by atoms with Crippen molar-refractivity contribution in [2.45, 2.75) is 5.33 Å². The monoisotopic (exact) mass is 332 g/mol. The predicted octanol–water partition coefficient (Wildman–Crippen LogP) is 3.46. The molecule has 0 aliphatic heterocycles. The summed E-state index contributed by atoms with van der Waals surface area (Å²) in [5, 5.41) is 0.340. The van der Waals surface area contributed by atoms with Crippen LogP contribution in [0.15, 0.2) is 12.1 Å². The quantitative estimate of drug-likeness (QED) is 0.420. The Balaban J connectivity index is 3.21. The van der Waals surface area contributed by atoms with Gasteiger partial charge in [0.25, 0.3) is 0 Å². The van der Waals surface area contributed by atoms with E-state index in [2.05, 4.69) is 15.9 Å². The molecule has 1 rings (SSSR count). The van der Waals surface area contributed by atoms with Crippen LogP contribution < -0.4 is 0 Å². The maximum atomic E-state index is 12.8. The van der Waals surface area contributed by atoms with Crippen LogP contribution in [0, 0.1) is 15.2 Å². The van der Waals surface area contributed by atoms with Crippen molar-refractivity contribution in [1.82, 2.24) is 0 Å². The number of hydrogen-bond acceptors (Lipinski definition) is 0. The van der Waals surface area contributed by atoms with Gasteiger partial charge in [-0.2, -0.15) is 0 Å². The van der Waals surface area contributed by atoms with E-state index in [1.807, 2.05) is 0 Å². The lowest BCUT2D eigenvalue weighted by molar-refractivity contribution is 0.586. The lowest BCUT2D eigenvalue weighted by Gasteiger charge is -1.99. The zero-order valence-electron chi connectivity index (χ0n) is 5.37. The molecule has 0 atom stereocenters. The number of rotatable bonds is 1. The van der Waals surface area contributed by atoms with Crippen LogP contribution in [0.2, 0.25) is 0 Å². The summed E-state index contributed by atoms with van der Waals surface area (Å²) < 4.78 is 25.9. The van der Waals surface area contributed by atoms with E-state index >= 15 is 0 Å². The third-order valence-corrected chi connectivity index (χ3v) is 2.66. The fourth-order valence-electron chi connectivity index (χ4n) is 0.666. The molecule has 1 aromatic carbocycles. The van der Waals surface area contributed by atoms with E-state index in [0.717, 1.165) is 0 Å². The summed E-state index contributed by atoms with van der Waals surface area (Å²) in [6.45, 7) is 0. The second-order valence-corrected chi connectivity index (χ2v) is 3.71. The fraction of sp³-hybridized carbons (Fsp3) is 0.143. The first-order chi connectivity index (χ1) is 5.15. The molecule has 60 valence electrons. The van der Waals surface area contributed by atoms with Crippen molar-refractivity contribution in [3.8, 4) is 0 Å². The van der Waals surface area contributed by atoms with Gasteiger partial charge in [0.1, 0.15) is 11.6 Å². The van der Waals surface area contributed by atoms with Crippen molar-refractivity contribution in [2.75, 3.05) is 0 Å². The molecular formula is C7H4BrF2I. The molecule has 4 heteroatoms. The summed E-state index contributed by atoms with van der Waals surface area (Å²) >= 11 is 4.81. The Bertz CT molecular complexity index is 275. The van der Waals surface area contributed by atoms with Gasteiger partial charge in [-0.15, -0.1) is 0 Å². The van der Waals surface area contributed by atoms with Crippen molar-refractivity contribution in [1.29, 1.82) is 0 Å². The molecule has 0 spiro atoms. The minimum absolute atomic E-state index is 0.310. The first-order valence-electron chi connectivity index (χ1n) is 2.84. The summed E-state index contributed by atoms with van der Waals surface area (Å²) in [4.78, 5) is 0. The molecule has 1 aromatic rings. The Morgan fingerprint density at radius 1 is 1.27 bits per heavy atom. The Labute approximate surface area is 85.3 Å². The Morgan fingerprint density at radius 2 is 1.91 bits per heavy atom. The van der Waals surface area contributed by atoms with Crippen LogP contribution in [-0.2, 0) is 5.33 Å². The van der Waals surface area contributed by atoms with E-state index in [0.29, 0.717) is 14.5 Å². The molecule has 0 N–H and O–H groups in total. The second kappa shape index (κ2) is 3.80. The lowest BCUT2D eigenvalue weighted by atomic mass is 10.2. The highest BCUT2D eigenvalue weighted by Gasteiger charge is 2.05. The van der Waals surface area contributed by atoms with Gasteiger partial charge in [-0.3, -0.25) is 0 Å². The van der Waals surface area contributed by atoms with E-state index in [1.54, 1.807) is 22.6 Å². The SMILES string of the molecule is Fc1cc(CBr)c(F)cc1I. The standard InChI is InChI=1S/C7H4BrF2I/c8-3-4-1-6(10)7(11)2-5(4)9/h1-2H,3H2. The highest BCUT2D eigenvalue weighted by molar-refractivity contribution is 14.1. The zero-order valence-corrected chi connectivity index (χ0v) is 9.12. The van der Waals surface area contributed by atoms with Gasteiger partial charge < -0.3 is 0 Å². The third kappa shape index (κ3) is 2.11.